The summed E-state index contributed by atoms with van der Waals surface area (Å²) >= 11 is 5.83. The standard InChI is InChI=1S/C22H24ClN3O4/c1-14(22(28)25-20-5-3-17(23)13-24-20)26-8-6-15(7-9-26)21(27)16-2-4-18-19(12-16)30-11-10-29-18/h2-5,12-15H,6-11H2,1H3,(H,24,25,28)/t14-/m1/s1. The van der Waals surface area contributed by atoms with Crippen LogP contribution in [0.15, 0.2) is 36.5 Å². The van der Waals surface area contributed by atoms with E-state index in [4.69, 9.17) is 21.1 Å². The summed E-state index contributed by atoms with van der Waals surface area (Å²) in [4.78, 5) is 31.7. The largest absolute Gasteiger partial charge is 0.486 e. The lowest BCUT2D eigenvalue weighted by molar-refractivity contribution is -0.121. The molecule has 1 N–H and O–H groups in total. The van der Waals surface area contributed by atoms with Gasteiger partial charge >= 0.3 is 0 Å². The second-order valence-electron chi connectivity index (χ2n) is 7.56. The van der Waals surface area contributed by atoms with Crippen LogP contribution in [0.25, 0.3) is 0 Å². The third-order valence-corrected chi connectivity index (χ3v) is 5.86. The Balaban J connectivity index is 1.32. The summed E-state index contributed by atoms with van der Waals surface area (Å²) in [5.41, 5.74) is 0.650. The number of aromatic nitrogens is 1. The molecule has 0 bridgehead atoms. The molecule has 4 rings (SSSR count). The van der Waals surface area contributed by atoms with E-state index < -0.39 is 0 Å². The smallest absolute Gasteiger partial charge is 0.242 e. The lowest BCUT2D eigenvalue weighted by atomic mass is 9.88. The number of hydrogen-bond acceptors (Lipinski definition) is 6. The molecule has 0 spiro atoms. The topological polar surface area (TPSA) is 80.8 Å². The van der Waals surface area contributed by atoms with E-state index in [0.29, 0.717) is 67.0 Å². The monoisotopic (exact) mass is 429 g/mol. The highest BCUT2D eigenvalue weighted by atomic mass is 35.5. The molecule has 1 aromatic carbocycles. The predicted molar refractivity (Wildman–Crippen MR) is 113 cm³/mol. The van der Waals surface area contributed by atoms with Crippen LogP contribution in [0, 0.1) is 5.92 Å². The molecule has 158 valence electrons. The highest BCUT2D eigenvalue weighted by molar-refractivity contribution is 6.30. The van der Waals surface area contributed by atoms with Crippen molar-refractivity contribution in [3.05, 3.63) is 47.1 Å². The number of fused-ring (bicyclic) bond motifs is 1. The van der Waals surface area contributed by atoms with Gasteiger partial charge in [-0.2, -0.15) is 0 Å². The van der Waals surface area contributed by atoms with Crippen LogP contribution in [0.2, 0.25) is 5.02 Å². The van der Waals surface area contributed by atoms with Gasteiger partial charge in [0.1, 0.15) is 19.0 Å². The number of nitrogens with zero attached hydrogens (tertiary/aromatic N) is 2. The van der Waals surface area contributed by atoms with Crippen molar-refractivity contribution >= 4 is 29.1 Å². The second kappa shape index (κ2) is 9.02. The van der Waals surface area contributed by atoms with Gasteiger partial charge in [0.25, 0.3) is 0 Å². The molecule has 1 aromatic heterocycles. The fraction of sp³-hybridized carbons (Fsp3) is 0.409. The summed E-state index contributed by atoms with van der Waals surface area (Å²) in [6, 6.07) is 8.42. The van der Waals surface area contributed by atoms with Crippen molar-refractivity contribution in [3.8, 4) is 11.5 Å². The van der Waals surface area contributed by atoms with Crippen molar-refractivity contribution in [3.63, 3.8) is 0 Å². The van der Waals surface area contributed by atoms with Crippen molar-refractivity contribution in [2.45, 2.75) is 25.8 Å². The fourth-order valence-electron chi connectivity index (χ4n) is 3.83. The maximum absolute atomic E-state index is 13.0. The van der Waals surface area contributed by atoms with E-state index in [9.17, 15) is 9.59 Å². The average Bonchev–Trinajstić information content (AvgIpc) is 2.79. The number of pyridine rings is 1. The highest BCUT2D eigenvalue weighted by Crippen LogP contribution is 2.32. The normalized spacial score (nSPS) is 17.9. The second-order valence-corrected chi connectivity index (χ2v) is 8.00. The molecule has 0 radical (unpaired) electrons. The molecule has 2 aliphatic rings. The number of Topliss-reactive ketones (excluding diaryl/α,β-unsaturated/α-hetero) is 1. The zero-order valence-electron chi connectivity index (χ0n) is 16.8. The predicted octanol–water partition coefficient (Wildman–Crippen LogP) is 3.43. The lowest BCUT2D eigenvalue weighted by Crippen LogP contribution is -2.47. The zero-order valence-corrected chi connectivity index (χ0v) is 17.5. The molecule has 0 aliphatic carbocycles. The summed E-state index contributed by atoms with van der Waals surface area (Å²) in [5.74, 6) is 1.72. The van der Waals surface area contributed by atoms with Gasteiger partial charge in [-0.1, -0.05) is 11.6 Å². The Bertz CT molecular complexity index is 926. The number of halogens is 1. The van der Waals surface area contributed by atoms with E-state index in [1.807, 2.05) is 6.92 Å². The van der Waals surface area contributed by atoms with Crippen LogP contribution in [0.1, 0.15) is 30.1 Å². The SMILES string of the molecule is C[C@H](C(=O)Nc1ccc(Cl)cn1)N1CCC(C(=O)c2ccc3c(c2)OCCO3)CC1. The molecule has 2 aromatic rings. The Morgan fingerprint density at radius 2 is 1.87 bits per heavy atom. The van der Waals surface area contributed by atoms with Gasteiger partial charge in [-0.3, -0.25) is 14.5 Å². The number of rotatable bonds is 5. The Morgan fingerprint density at radius 3 is 2.57 bits per heavy atom. The molecule has 1 saturated heterocycles. The summed E-state index contributed by atoms with van der Waals surface area (Å²) in [7, 11) is 0. The number of nitrogens with one attached hydrogen (secondary N) is 1. The van der Waals surface area contributed by atoms with Crippen molar-refractivity contribution in [2.24, 2.45) is 5.92 Å². The van der Waals surface area contributed by atoms with Gasteiger partial charge in [0.15, 0.2) is 17.3 Å². The molecular weight excluding hydrogens is 406 g/mol. The fourth-order valence-corrected chi connectivity index (χ4v) is 3.94. The van der Waals surface area contributed by atoms with Gasteiger partial charge in [0.2, 0.25) is 5.91 Å². The first-order valence-corrected chi connectivity index (χ1v) is 10.5. The van der Waals surface area contributed by atoms with Gasteiger partial charge in [-0.25, -0.2) is 4.98 Å². The third-order valence-electron chi connectivity index (χ3n) is 5.63. The minimum absolute atomic E-state index is 0.0583. The first-order chi connectivity index (χ1) is 14.5. The molecular formula is C22H24ClN3O4. The zero-order chi connectivity index (χ0) is 21.1. The number of piperidine rings is 1. The first-order valence-electron chi connectivity index (χ1n) is 10.1. The van der Waals surface area contributed by atoms with Crippen LogP contribution in [0.4, 0.5) is 5.82 Å². The van der Waals surface area contributed by atoms with Crippen LogP contribution < -0.4 is 14.8 Å². The Morgan fingerprint density at radius 1 is 1.13 bits per heavy atom. The number of likely N-dealkylation sites (tertiary alicyclic amines) is 1. The highest BCUT2D eigenvalue weighted by Gasteiger charge is 2.30. The average molecular weight is 430 g/mol. The van der Waals surface area contributed by atoms with Gasteiger partial charge in [0.05, 0.1) is 11.1 Å². The van der Waals surface area contributed by atoms with Gasteiger partial charge in [-0.15, -0.1) is 0 Å². The maximum atomic E-state index is 13.0. The van der Waals surface area contributed by atoms with E-state index in [0.717, 1.165) is 0 Å². The van der Waals surface area contributed by atoms with Gasteiger partial charge < -0.3 is 14.8 Å². The summed E-state index contributed by atoms with van der Waals surface area (Å²) in [6.07, 6.45) is 2.92. The Kier molecular flexibility index (Phi) is 6.20. The van der Waals surface area contributed by atoms with Gasteiger partial charge in [0, 0.05) is 17.7 Å². The quantitative estimate of drug-likeness (QED) is 0.733. The van der Waals surface area contributed by atoms with E-state index in [-0.39, 0.29) is 23.7 Å². The first kappa shape index (κ1) is 20.6. The molecule has 8 heteroatoms. The molecule has 2 aliphatic heterocycles. The molecule has 3 heterocycles. The number of ketones is 1. The number of amides is 1. The van der Waals surface area contributed by atoms with E-state index in [1.165, 1.54) is 6.20 Å². The molecule has 1 atom stereocenters. The molecule has 30 heavy (non-hydrogen) atoms. The number of hydrogen-bond donors (Lipinski definition) is 1. The summed E-state index contributed by atoms with van der Waals surface area (Å²) < 4.78 is 11.1. The third kappa shape index (κ3) is 4.57. The minimum Gasteiger partial charge on any atom is -0.486 e. The van der Waals surface area contributed by atoms with Gasteiger partial charge in [-0.05, 0) is 63.2 Å². The van der Waals surface area contributed by atoms with Crippen molar-refractivity contribution in [1.82, 2.24) is 9.88 Å². The van der Waals surface area contributed by atoms with E-state index in [2.05, 4.69) is 15.2 Å². The summed E-state index contributed by atoms with van der Waals surface area (Å²) in [5, 5.41) is 3.33. The number of carbonyl (C=O) groups is 2. The van der Waals surface area contributed by atoms with Crippen molar-refractivity contribution in [1.29, 1.82) is 0 Å². The minimum atomic E-state index is -0.312. The summed E-state index contributed by atoms with van der Waals surface area (Å²) in [6.45, 7) is 4.26. The molecule has 0 saturated carbocycles. The van der Waals surface area contributed by atoms with Crippen LogP contribution in [-0.4, -0.2) is 53.9 Å². The van der Waals surface area contributed by atoms with E-state index >= 15 is 0 Å². The maximum Gasteiger partial charge on any atom is 0.242 e. The molecule has 1 amide bonds. The number of benzene rings is 1. The van der Waals surface area contributed by atoms with Crippen LogP contribution in [0.3, 0.4) is 0 Å². The number of anilines is 1. The number of ether oxygens (including phenoxy) is 2. The van der Waals surface area contributed by atoms with E-state index in [1.54, 1.807) is 30.3 Å². The number of carbonyl (C=O) groups excluding carboxylic acids is 2. The molecule has 7 nitrogen and oxygen atoms in total. The Hall–Kier alpha value is -2.64. The molecule has 0 unspecified atom stereocenters. The van der Waals surface area contributed by atoms with Crippen LogP contribution >= 0.6 is 11.6 Å². The van der Waals surface area contributed by atoms with Crippen LogP contribution in [-0.2, 0) is 4.79 Å². The Labute approximate surface area is 180 Å². The molecule has 1 fully saturated rings. The van der Waals surface area contributed by atoms with Crippen LogP contribution in [0.5, 0.6) is 11.5 Å². The van der Waals surface area contributed by atoms with Crippen molar-refractivity contribution < 1.29 is 19.1 Å². The lowest BCUT2D eigenvalue weighted by Gasteiger charge is -2.34. The van der Waals surface area contributed by atoms with Crippen molar-refractivity contribution in [2.75, 3.05) is 31.6 Å².